The van der Waals surface area contributed by atoms with E-state index in [1.54, 1.807) is 0 Å². The van der Waals surface area contributed by atoms with Crippen LogP contribution in [0.2, 0.25) is 0 Å². The van der Waals surface area contributed by atoms with Crippen molar-refractivity contribution in [1.82, 2.24) is 9.80 Å². The molecule has 0 radical (unpaired) electrons. The summed E-state index contributed by atoms with van der Waals surface area (Å²) in [5.41, 5.74) is 0.766. The van der Waals surface area contributed by atoms with Gasteiger partial charge in [-0.15, -0.1) is 0 Å². The first-order valence-corrected chi connectivity index (χ1v) is 6.24. The first kappa shape index (κ1) is 12.1. The first-order valence-electron chi connectivity index (χ1n) is 6.24. The largest absolute Gasteiger partial charge is 0.337 e. The van der Waals surface area contributed by atoms with Crippen LogP contribution < -0.4 is 0 Å². The number of hydrogen-bond donors (Lipinski definition) is 0. The summed E-state index contributed by atoms with van der Waals surface area (Å²) in [6, 6.07) is 2.84. The summed E-state index contributed by atoms with van der Waals surface area (Å²) >= 11 is 0. The number of carbonyl (C=O) groups is 1. The molecule has 0 aromatic rings. The molecule has 0 aromatic carbocycles. The number of nitrogens with zero attached hydrogens (tertiary/aromatic N) is 3. The molecule has 0 aliphatic carbocycles. The summed E-state index contributed by atoms with van der Waals surface area (Å²) < 4.78 is 0. The lowest BCUT2D eigenvalue weighted by Gasteiger charge is -2.39. The van der Waals surface area contributed by atoms with Gasteiger partial charge in [0, 0.05) is 43.7 Å². The Morgan fingerprint density at radius 3 is 3.06 bits per heavy atom. The van der Waals surface area contributed by atoms with Gasteiger partial charge in [-0.3, -0.25) is 9.69 Å². The van der Waals surface area contributed by atoms with E-state index in [2.05, 4.69) is 17.9 Å². The normalized spacial score (nSPS) is 27.8. The molecule has 0 spiro atoms. The number of fused-ring (bicyclic) bond motifs is 1. The highest BCUT2D eigenvalue weighted by Crippen LogP contribution is 2.24. The molecule has 92 valence electrons. The fraction of sp³-hybridized carbons (Fsp3) is 0.692. The van der Waals surface area contributed by atoms with Crippen LogP contribution in [-0.2, 0) is 4.79 Å². The van der Waals surface area contributed by atoms with Gasteiger partial charge in [-0.05, 0) is 20.3 Å². The lowest BCUT2D eigenvalue weighted by molar-refractivity contribution is -0.130. The zero-order valence-electron chi connectivity index (χ0n) is 10.5. The van der Waals surface area contributed by atoms with E-state index in [-0.39, 0.29) is 6.04 Å². The van der Waals surface area contributed by atoms with Crippen LogP contribution in [0.5, 0.6) is 0 Å². The number of nitriles is 1. The van der Waals surface area contributed by atoms with Crippen molar-refractivity contribution in [3.05, 3.63) is 11.6 Å². The lowest BCUT2D eigenvalue weighted by Crippen LogP contribution is -2.53. The minimum Gasteiger partial charge on any atom is -0.337 e. The molecule has 0 aromatic heterocycles. The molecule has 17 heavy (non-hydrogen) atoms. The number of carbonyl (C=O) groups excluding carboxylic acids is 1. The first-order chi connectivity index (χ1) is 8.11. The quantitative estimate of drug-likeness (QED) is 0.672. The Balaban J connectivity index is 1.98. The molecule has 4 heteroatoms. The van der Waals surface area contributed by atoms with Crippen molar-refractivity contribution in [2.24, 2.45) is 0 Å². The zero-order valence-corrected chi connectivity index (χ0v) is 10.5. The molecule has 1 unspecified atom stereocenters. The molecular weight excluding hydrogens is 214 g/mol. The summed E-state index contributed by atoms with van der Waals surface area (Å²) in [6.45, 7) is 6.66. The average Bonchev–Trinajstić information content (AvgIpc) is 2.70. The monoisotopic (exact) mass is 233 g/mol. The smallest absolute Gasteiger partial charge is 0.222 e. The average molecular weight is 233 g/mol. The van der Waals surface area contributed by atoms with Crippen molar-refractivity contribution < 1.29 is 4.79 Å². The maximum atomic E-state index is 11.6. The summed E-state index contributed by atoms with van der Waals surface area (Å²) in [7, 11) is 0. The van der Waals surface area contributed by atoms with Gasteiger partial charge in [0.05, 0.1) is 6.07 Å². The molecule has 1 amide bonds. The number of piperazine rings is 1. The van der Waals surface area contributed by atoms with E-state index >= 15 is 0 Å². The van der Waals surface area contributed by atoms with Gasteiger partial charge >= 0.3 is 0 Å². The fourth-order valence-corrected chi connectivity index (χ4v) is 2.76. The topological polar surface area (TPSA) is 47.3 Å². The third-order valence-electron chi connectivity index (χ3n) is 3.77. The van der Waals surface area contributed by atoms with Crippen LogP contribution in [0.3, 0.4) is 0 Å². The van der Waals surface area contributed by atoms with Crippen molar-refractivity contribution >= 4 is 5.91 Å². The zero-order chi connectivity index (χ0) is 12.4. The van der Waals surface area contributed by atoms with Gasteiger partial charge in [0.1, 0.15) is 0 Å². The van der Waals surface area contributed by atoms with E-state index in [1.165, 1.54) is 0 Å². The summed E-state index contributed by atoms with van der Waals surface area (Å²) in [4.78, 5) is 15.9. The van der Waals surface area contributed by atoms with Crippen LogP contribution in [-0.4, -0.2) is 47.4 Å². The molecule has 4 nitrogen and oxygen atoms in total. The summed E-state index contributed by atoms with van der Waals surface area (Å²) in [5.74, 6) is 0.311. The third-order valence-corrected chi connectivity index (χ3v) is 3.77. The molecule has 0 bridgehead atoms. The van der Waals surface area contributed by atoms with Crippen LogP contribution in [0.25, 0.3) is 0 Å². The summed E-state index contributed by atoms with van der Waals surface area (Å²) in [6.07, 6.45) is 3.70. The predicted molar refractivity (Wildman–Crippen MR) is 65.1 cm³/mol. The number of rotatable bonds is 2. The van der Waals surface area contributed by atoms with Crippen molar-refractivity contribution in [2.45, 2.75) is 38.8 Å². The number of amides is 1. The number of allylic oxidation sites excluding steroid dienone is 1. The van der Waals surface area contributed by atoms with Gasteiger partial charge in [-0.2, -0.15) is 5.26 Å². The second-order valence-corrected chi connectivity index (χ2v) is 4.98. The Morgan fingerprint density at radius 2 is 2.35 bits per heavy atom. The molecule has 0 N–H and O–H groups in total. The Kier molecular flexibility index (Phi) is 3.49. The molecule has 2 aliphatic rings. The van der Waals surface area contributed by atoms with E-state index in [4.69, 9.17) is 5.26 Å². The van der Waals surface area contributed by atoms with Crippen molar-refractivity contribution in [2.75, 3.05) is 19.6 Å². The maximum Gasteiger partial charge on any atom is 0.222 e. The van der Waals surface area contributed by atoms with Gasteiger partial charge < -0.3 is 4.90 Å². The van der Waals surface area contributed by atoms with Gasteiger partial charge in [0.25, 0.3) is 0 Å². The Labute approximate surface area is 102 Å². The molecule has 2 aliphatic heterocycles. The Morgan fingerprint density at radius 1 is 1.59 bits per heavy atom. The third kappa shape index (κ3) is 2.50. The van der Waals surface area contributed by atoms with Gasteiger partial charge in [0.15, 0.2) is 0 Å². The lowest BCUT2D eigenvalue weighted by atomic mass is 10.1. The van der Waals surface area contributed by atoms with Gasteiger partial charge in [0.2, 0.25) is 5.91 Å². The maximum absolute atomic E-state index is 11.6. The molecule has 2 atom stereocenters. The van der Waals surface area contributed by atoms with Crippen molar-refractivity contribution in [1.29, 1.82) is 5.26 Å². The number of hydrogen-bond acceptors (Lipinski definition) is 3. The molecular formula is C13H19N3O. The van der Waals surface area contributed by atoms with E-state index in [9.17, 15) is 4.79 Å². The van der Waals surface area contributed by atoms with E-state index in [0.717, 1.165) is 31.6 Å². The van der Waals surface area contributed by atoms with Gasteiger partial charge in [-0.25, -0.2) is 0 Å². The minimum atomic E-state index is 0.285. The van der Waals surface area contributed by atoms with Crippen LogP contribution in [0.15, 0.2) is 11.6 Å². The SMILES string of the molecule is C/C(C#N)=C\C(C)N1CCN2C(=O)CC[C@@H]2C1. The van der Waals surface area contributed by atoms with Crippen molar-refractivity contribution in [3.63, 3.8) is 0 Å². The molecule has 2 fully saturated rings. The van der Waals surface area contributed by atoms with Crippen molar-refractivity contribution in [3.8, 4) is 6.07 Å². The highest BCUT2D eigenvalue weighted by atomic mass is 16.2. The molecule has 0 saturated carbocycles. The van der Waals surface area contributed by atoms with Crippen LogP contribution in [0.4, 0.5) is 0 Å². The van der Waals surface area contributed by atoms with Crippen LogP contribution in [0, 0.1) is 11.3 Å². The van der Waals surface area contributed by atoms with E-state index in [0.29, 0.717) is 18.4 Å². The molecule has 2 rings (SSSR count). The van der Waals surface area contributed by atoms with Crippen LogP contribution in [0.1, 0.15) is 26.7 Å². The minimum absolute atomic E-state index is 0.285. The molecule has 2 heterocycles. The molecule has 2 saturated heterocycles. The second-order valence-electron chi connectivity index (χ2n) is 4.98. The van der Waals surface area contributed by atoms with E-state index in [1.807, 2.05) is 17.9 Å². The van der Waals surface area contributed by atoms with E-state index < -0.39 is 0 Å². The Hall–Kier alpha value is -1.34. The standard InChI is InChI=1S/C13H19N3O/c1-10(8-14)7-11(2)15-5-6-16-12(9-15)3-4-13(16)17/h7,11-12H,3-6,9H2,1-2H3/b10-7+/t11?,12-/m1/s1. The summed E-state index contributed by atoms with van der Waals surface area (Å²) in [5, 5.41) is 8.78. The second kappa shape index (κ2) is 4.89. The van der Waals surface area contributed by atoms with Gasteiger partial charge in [-0.1, -0.05) is 6.08 Å². The highest BCUT2D eigenvalue weighted by Gasteiger charge is 2.36. The highest BCUT2D eigenvalue weighted by molar-refractivity contribution is 5.78. The Bertz CT molecular complexity index is 383. The van der Waals surface area contributed by atoms with Crippen LogP contribution >= 0.6 is 0 Å². The predicted octanol–water partition coefficient (Wildman–Crippen LogP) is 1.15. The fourth-order valence-electron chi connectivity index (χ4n) is 2.76.